The predicted octanol–water partition coefficient (Wildman–Crippen LogP) is 3.13. The Hall–Kier alpha value is -2.97. The van der Waals surface area contributed by atoms with E-state index in [1.54, 1.807) is 37.4 Å². The first-order valence-electron chi connectivity index (χ1n) is 10.4. The van der Waals surface area contributed by atoms with Gasteiger partial charge in [0, 0.05) is 14.4 Å². The van der Waals surface area contributed by atoms with Gasteiger partial charge < -0.3 is 33.2 Å². The van der Waals surface area contributed by atoms with Crippen molar-refractivity contribution in [1.82, 2.24) is 0 Å². The summed E-state index contributed by atoms with van der Waals surface area (Å²) in [6, 6.07) is 10.7. The fraction of sp³-hybridized carbons (Fsp3) is 0.435. The van der Waals surface area contributed by atoms with Crippen molar-refractivity contribution in [2.24, 2.45) is 11.8 Å². The zero-order chi connectivity index (χ0) is 22.7. The summed E-state index contributed by atoms with van der Waals surface area (Å²) in [6.07, 6.45) is -0.557. The van der Waals surface area contributed by atoms with Crippen molar-refractivity contribution in [2.45, 2.75) is 12.5 Å². The van der Waals surface area contributed by atoms with Crippen molar-refractivity contribution in [3.63, 3.8) is 0 Å². The quantitative estimate of drug-likeness (QED) is 0.340. The molecule has 0 radical (unpaired) electrons. The van der Waals surface area contributed by atoms with Crippen LogP contribution in [0, 0.1) is 11.8 Å². The fourth-order valence-corrected chi connectivity index (χ4v) is 3.86. The molecule has 0 aromatic heterocycles. The molecule has 0 saturated carbocycles. The largest absolute Gasteiger partial charge is 0.493 e. The summed E-state index contributed by atoms with van der Waals surface area (Å²) in [7, 11) is 4.60. The Morgan fingerprint density at radius 2 is 1.84 bits per heavy atom. The Morgan fingerprint density at radius 1 is 1.03 bits per heavy atom. The number of ether oxygens (including phenoxy) is 7. The predicted molar refractivity (Wildman–Crippen MR) is 109 cm³/mol. The minimum Gasteiger partial charge on any atom is -0.493 e. The van der Waals surface area contributed by atoms with Crippen LogP contribution in [-0.4, -0.2) is 47.5 Å². The summed E-state index contributed by atoms with van der Waals surface area (Å²) in [5, 5.41) is 0. The highest BCUT2D eigenvalue weighted by atomic mass is 16.7. The van der Waals surface area contributed by atoms with Crippen molar-refractivity contribution < 1.29 is 39.3 Å². The fourth-order valence-electron chi connectivity index (χ4n) is 3.86. The average molecular weight is 431 g/mol. The first-order chi connectivity index (χ1) is 15.5. The molecule has 31 heavy (non-hydrogen) atoms. The summed E-state index contributed by atoms with van der Waals surface area (Å²) < 4.78 is 47.0. The summed E-state index contributed by atoms with van der Waals surface area (Å²) in [6.45, 7) is 0.303. The van der Waals surface area contributed by atoms with E-state index in [1.165, 1.54) is 14.2 Å². The lowest BCUT2D eigenvalue weighted by Crippen LogP contribution is -2.24. The molecule has 166 valence electrons. The van der Waals surface area contributed by atoms with Gasteiger partial charge in [0.15, 0.2) is 23.0 Å². The van der Waals surface area contributed by atoms with Gasteiger partial charge in [-0.25, -0.2) is 0 Å². The Bertz CT molecular complexity index is 980. The maximum Gasteiger partial charge on any atom is 0.310 e. The number of carbonyl (C=O) groups excluding carboxylic acids is 1. The standard InChI is InChI=1S/C23H26O8/c1-25-12-28-11-17-16(8-14-4-6-19-21(9-14)30-13-29-19)23(24)31-22(17)15-5-7-18(26-2)20(10-15)27-3/h4-7,9-10,16-17,22H,8,11-13H2,1-3H3/t16-,17-,22+/m1/s1/i16D. The van der Waals surface area contributed by atoms with Crippen LogP contribution in [0.5, 0.6) is 23.0 Å². The minimum absolute atomic E-state index is 0.0451. The lowest BCUT2D eigenvalue weighted by molar-refractivity contribution is -0.144. The number of cyclic esters (lactones) is 1. The van der Waals surface area contributed by atoms with E-state index in [2.05, 4.69) is 0 Å². The van der Waals surface area contributed by atoms with E-state index in [4.69, 9.17) is 34.5 Å². The van der Waals surface area contributed by atoms with Crippen LogP contribution in [0.4, 0.5) is 0 Å². The molecule has 4 rings (SSSR count). The molecule has 3 atom stereocenters. The topological polar surface area (TPSA) is 81.7 Å². The summed E-state index contributed by atoms with van der Waals surface area (Å²) >= 11 is 0. The number of methoxy groups -OCH3 is 3. The van der Waals surface area contributed by atoms with Gasteiger partial charge >= 0.3 is 5.97 Å². The third kappa shape index (κ3) is 4.40. The lowest BCUT2D eigenvalue weighted by atomic mass is 9.83. The molecule has 8 nitrogen and oxygen atoms in total. The van der Waals surface area contributed by atoms with Gasteiger partial charge in [-0.15, -0.1) is 0 Å². The molecular weight excluding hydrogens is 404 g/mol. The van der Waals surface area contributed by atoms with E-state index < -0.39 is 23.9 Å². The van der Waals surface area contributed by atoms with E-state index in [9.17, 15) is 4.79 Å². The van der Waals surface area contributed by atoms with Crippen LogP contribution in [-0.2, 0) is 25.4 Å². The summed E-state index contributed by atoms with van der Waals surface area (Å²) in [5.74, 6) is -0.457. The number of carbonyl (C=O) groups is 1. The van der Waals surface area contributed by atoms with Crippen LogP contribution in [0.15, 0.2) is 36.4 Å². The maximum absolute atomic E-state index is 13.0. The molecule has 2 aromatic rings. The number of rotatable bonds is 9. The molecule has 0 spiro atoms. The van der Waals surface area contributed by atoms with E-state index in [0.717, 1.165) is 5.56 Å². The third-order valence-electron chi connectivity index (χ3n) is 5.38. The van der Waals surface area contributed by atoms with Crippen LogP contribution in [0.3, 0.4) is 0 Å². The summed E-state index contributed by atoms with van der Waals surface area (Å²) in [5.41, 5.74) is 1.47. The Morgan fingerprint density at radius 3 is 2.61 bits per heavy atom. The normalized spacial score (nSPS) is 24.6. The SMILES string of the molecule is [2H][C@]1(Cc2ccc3c(c2)OCO3)C(=O)O[C@@H](c2ccc(OC)c(OC)c2)[C@@H]1COCOC. The van der Waals surface area contributed by atoms with E-state index in [-0.39, 0.29) is 26.6 Å². The molecule has 1 saturated heterocycles. The Labute approximate surface area is 182 Å². The number of benzene rings is 2. The maximum atomic E-state index is 13.0. The molecule has 0 bridgehead atoms. The van der Waals surface area contributed by atoms with Gasteiger partial charge in [-0.3, -0.25) is 4.79 Å². The average Bonchev–Trinajstić information content (AvgIpc) is 3.36. The molecule has 2 aromatic carbocycles. The second-order valence-electron chi connectivity index (χ2n) is 7.21. The smallest absolute Gasteiger partial charge is 0.310 e. The van der Waals surface area contributed by atoms with Gasteiger partial charge in [0.1, 0.15) is 12.9 Å². The molecule has 0 unspecified atom stereocenters. The van der Waals surface area contributed by atoms with E-state index in [0.29, 0.717) is 28.6 Å². The molecule has 1 fully saturated rings. The molecule has 2 aliphatic rings. The van der Waals surface area contributed by atoms with Crippen LogP contribution < -0.4 is 18.9 Å². The Kier molecular flexibility index (Phi) is 6.08. The van der Waals surface area contributed by atoms with Gasteiger partial charge in [-0.2, -0.15) is 0 Å². The number of esters is 1. The van der Waals surface area contributed by atoms with E-state index >= 15 is 0 Å². The van der Waals surface area contributed by atoms with Gasteiger partial charge in [-0.1, -0.05) is 12.1 Å². The zero-order valence-corrected chi connectivity index (χ0v) is 17.7. The second-order valence-corrected chi connectivity index (χ2v) is 7.21. The van der Waals surface area contributed by atoms with Crippen LogP contribution >= 0.6 is 0 Å². The minimum atomic E-state index is -1.57. The monoisotopic (exact) mass is 431 g/mol. The van der Waals surface area contributed by atoms with Crippen LogP contribution in [0.2, 0.25) is 0 Å². The van der Waals surface area contributed by atoms with E-state index in [1.807, 2.05) is 6.07 Å². The number of hydrogen-bond acceptors (Lipinski definition) is 8. The molecular formula is C23H26O8. The second kappa shape index (κ2) is 9.45. The molecule has 2 heterocycles. The molecule has 0 N–H and O–H groups in total. The van der Waals surface area contributed by atoms with Gasteiger partial charge in [0.05, 0.1) is 26.7 Å². The molecule has 2 aliphatic heterocycles. The molecule has 0 amide bonds. The lowest BCUT2D eigenvalue weighted by Gasteiger charge is -2.22. The number of fused-ring (bicyclic) bond motifs is 1. The van der Waals surface area contributed by atoms with Crippen molar-refractivity contribution in [3.05, 3.63) is 47.5 Å². The van der Waals surface area contributed by atoms with Gasteiger partial charge in [-0.05, 0) is 41.8 Å². The van der Waals surface area contributed by atoms with Crippen molar-refractivity contribution in [3.8, 4) is 23.0 Å². The molecule has 8 heteroatoms. The Balaban J connectivity index is 1.65. The first kappa shape index (κ1) is 20.0. The van der Waals surface area contributed by atoms with Gasteiger partial charge in [0.2, 0.25) is 6.79 Å². The number of hydrogen-bond donors (Lipinski definition) is 0. The third-order valence-corrected chi connectivity index (χ3v) is 5.38. The van der Waals surface area contributed by atoms with Crippen molar-refractivity contribution >= 4 is 5.97 Å². The van der Waals surface area contributed by atoms with Crippen LogP contribution in [0.1, 0.15) is 18.6 Å². The van der Waals surface area contributed by atoms with Crippen molar-refractivity contribution in [2.75, 3.05) is 41.5 Å². The summed E-state index contributed by atoms with van der Waals surface area (Å²) in [4.78, 5) is 13.0. The molecule has 0 aliphatic carbocycles. The first-order valence-corrected chi connectivity index (χ1v) is 9.88. The van der Waals surface area contributed by atoms with Crippen LogP contribution in [0.25, 0.3) is 0 Å². The highest BCUT2D eigenvalue weighted by Gasteiger charge is 2.45. The highest BCUT2D eigenvalue weighted by Crippen LogP contribution is 2.44. The zero-order valence-electron chi connectivity index (χ0n) is 18.7. The van der Waals surface area contributed by atoms with Gasteiger partial charge in [0.25, 0.3) is 0 Å². The van der Waals surface area contributed by atoms with Crippen molar-refractivity contribution in [1.29, 1.82) is 0 Å². The highest BCUT2D eigenvalue weighted by molar-refractivity contribution is 5.76.